The van der Waals surface area contributed by atoms with Gasteiger partial charge in [-0.3, -0.25) is 0 Å². The van der Waals surface area contributed by atoms with E-state index in [1.165, 1.54) is 13.0 Å². The van der Waals surface area contributed by atoms with Crippen LogP contribution in [0.3, 0.4) is 0 Å². The number of nitrogens with zero attached hydrogens (tertiary/aromatic N) is 1. The quantitative estimate of drug-likeness (QED) is 0.136. The molecule has 8 heteroatoms. The van der Waals surface area contributed by atoms with Crippen LogP contribution in [0.1, 0.15) is 39.0 Å². The molecule has 0 rings (SSSR count). The van der Waals surface area contributed by atoms with Crippen molar-refractivity contribution >= 4 is 29.7 Å². The van der Waals surface area contributed by atoms with Gasteiger partial charge in [-0.15, -0.1) is 11.6 Å². The summed E-state index contributed by atoms with van der Waals surface area (Å²) in [5.41, 5.74) is 0.269. The normalized spacial score (nSPS) is 11.1. The molecule has 1 N–H and O–H groups in total. The molecule has 0 aliphatic heterocycles. The molecular weight excluding hydrogens is 336 g/mol. The van der Waals surface area contributed by atoms with Crippen molar-refractivity contribution in [1.82, 2.24) is 5.32 Å². The van der Waals surface area contributed by atoms with E-state index < -0.39 is 18.2 Å². The molecule has 0 aliphatic rings. The molecule has 0 aromatic carbocycles. The number of rotatable bonds is 13. The minimum Gasteiger partial charge on any atom is -0.458 e. The number of alkyl halides is 1. The number of amides is 1. The van der Waals surface area contributed by atoms with Gasteiger partial charge in [0.15, 0.2) is 6.10 Å². The predicted octanol–water partition coefficient (Wildman–Crippen LogP) is 2.73. The third kappa shape index (κ3) is 12.7. The largest absolute Gasteiger partial charge is 0.458 e. The number of halogens is 1. The van der Waals surface area contributed by atoms with Crippen molar-refractivity contribution in [3.8, 4) is 0 Å². The van der Waals surface area contributed by atoms with Gasteiger partial charge < -0.3 is 14.8 Å². The Morgan fingerprint density at radius 1 is 1.25 bits per heavy atom. The van der Waals surface area contributed by atoms with E-state index in [0.29, 0.717) is 13.1 Å². The molecule has 0 aliphatic carbocycles. The highest BCUT2D eigenvalue weighted by atomic mass is 35.5. The zero-order chi connectivity index (χ0) is 18.2. The Morgan fingerprint density at radius 2 is 1.92 bits per heavy atom. The van der Waals surface area contributed by atoms with E-state index in [1.807, 2.05) is 0 Å². The van der Waals surface area contributed by atoms with Crippen molar-refractivity contribution in [2.75, 3.05) is 25.6 Å². The number of esters is 1. The first-order chi connectivity index (χ1) is 11.5. The summed E-state index contributed by atoms with van der Waals surface area (Å²) in [4.78, 5) is 36.2. The number of hydrogen-bond acceptors (Lipinski definition) is 6. The second kappa shape index (κ2) is 14.7. The van der Waals surface area contributed by atoms with Crippen molar-refractivity contribution in [3.63, 3.8) is 0 Å². The average Bonchev–Trinajstić information content (AvgIpc) is 2.56. The van der Waals surface area contributed by atoms with E-state index in [4.69, 9.17) is 21.1 Å². The number of carbonyl (C=O) groups is 2. The maximum Gasteiger partial charge on any atom is 0.407 e. The van der Waals surface area contributed by atoms with Gasteiger partial charge in [0.1, 0.15) is 6.61 Å². The van der Waals surface area contributed by atoms with Crippen LogP contribution in [0.2, 0.25) is 0 Å². The summed E-state index contributed by atoms with van der Waals surface area (Å²) in [6.45, 7) is 5.89. The average molecular weight is 361 g/mol. The van der Waals surface area contributed by atoms with E-state index in [1.54, 1.807) is 0 Å². The van der Waals surface area contributed by atoms with E-state index in [-0.39, 0.29) is 18.1 Å². The summed E-state index contributed by atoms with van der Waals surface area (Å²) in [7, 11) is 0. The lowest BCUT2D eigenvalue weighted by atomic mass is 10.1. The van der Waals surface area contributed by atoms with Gasteiger partial charge in [-0.1, -0.05) is 25.8 Å². The van der Waals surface area contributed by atoms with Gasteiger partial charge >= 0.3 is 12.1 Å². The molecule has 1 unspecified atom stereocenters. The Balaban J connectivity index is 3.69. The van der Waals surface area contributed by atoms with Crippen LogP contribution in [0.4, 0.5) is 4.79 Å². The molecule has 1 atom stereocenters. The molecular formula is C16H25ClN2O5. The molecule has 0 saturated heterocycles. The standard InChI is InChI=1S/C16H25ClN2O5/c1-13(2)15(21)23-11-14(10-17)24-16(22)19-9-7-5-3-4-6-8-18-12-20/h14H,1,3-11H2,2H3,(H,19,22). The van der Waals surface area contributed by atoms with Crippen molar-refractivity contribution in [1.29, 1.82) is 0 Å². The van der Waals surface area contributed by atoms with Crippen LogP contribution in [0, 0.1) is 0 Å². The highest BCUT2D eigenvalue weighted by Crippen LogP contribution is 2.03. The van der Waals surface area contributed by atoms with Crippen molar-refractivity contribution < 1.29 is 23.9 Å². The van der Waals surface area contributed by atoms with E-state index in [2.05, 4.69) is 16.9 Å². The lowest BCUT2D eigenvalue weighted by Crippen LogP contribution is -2.33. The summed E-state index contributed by atoms with van der Waals surface area (Å²) in [6, 6.07) is 0. The van der Waals surface area contributed by atoms with E-state index >= 15 is 0 Å². The molecule has 0 heterocycles. The Kier molecular flexibility index (Phi) is 13.6. The third-order valence-electron chi connectivity index (χ3n) is 2.98. The lowest BCUT2D eigenvalue weighted by Gasteiger charge is -2.16. The summed E-state index contributed by atoms with van der Waals surface area (Å²) < 4.78 is 9.96. The maximum atomic E-state index is 11.6. The van der Waals surface area contributed by atoms with Crippen molar-refractivity contribution in [2.24, 2.45) is 4.99 Å². The van der Waals surface area contributed by atoms with Gasteiger partial charge in [0, 0.05) is 12.1 Å². The highest BCUT2D eigenvalue weighted by Gasteiger charge is 2.16. The van der Waals surface area contributed by atoms with Gasteiger partial charge in [-0.2, -0.15) is 0 Å². The molecule has 0 spiro atoms. The Labute approximate surface area is 147 Å². The summed E-state index contributed by atoms with van der Waals surface area (Å²) in [6.07, 6.45) is 4.85. The fraction of sp³-hybridized carbons (Fsp3) is 0.688. The van der Waals surface area contributed by atoms with Crippen molar-refractivity contribution in [2.45, 2.75) is 45.1 Å². The minimum absolute atomic E-state index is 0.0279. The lowest BCUT2D eigenvalue weighted by molar-refractivity contribution is -0.141. The number of aliphatic imine (C=N–C) groups is 1. The Bertz CT molecular complexity index is 450. The number of isocyanates is 1. The molecule has 0 fully saturated rings. The molecule has 0 radical (unpaired) electrons. The van der Waals surface area contributed by atoms with E-state index in [9.17, 15) is 14.4 Å². The Morgan fingerprint density at radius 3 is 2.54 bits per heavy atom. The number of alkyl carbamates (subject to hydrolysis) is 1. The summed E-state index contributed by atoms with van der Waals surface area (Å²) in [5, 5.41) is 2.62. The van der Waals surface area contributed by atoms with Crippen LogP contribution in [-0.2, 0) is 19.1 Å². The zero-order valence-corrected chi connectivity index (χ0v) is 14.8. The van der Waals surface area contributed by atoms with Gasteiger partial charge in [0.05, 0.1) is 12.4 Å². The van der Waals surface area contributed by atoms with E-state index in [0.717, 1.165) is 32.1 Å². The Hall–Kier alpha value is -1.85. The monoisotopic (exact) mass is 360 g/mol. The molecule has 24 heavy (non-hydrogen) atoms. The van der Waals surface area contributed by atoms with Crippen LogP contribution in [0.5, 0.6) is 0 Å². The van der Waals surface area contributed by atoms with Gasteiger partial charge in [0.25, 0.3) is 0 Å². The summed E-state index contributed by atoms with van der Waals surface area (Å²) in [5.74, 6) is -0.520. The second-order valence-corrected chi connectivity index (χ2v) is 5.54. The van der Waals surface area contributed by atoms with Gasteiger partial charge in [-0.25, -0.2) is 19.4 Å². The van der Waals surface area contributed by atoms with Crippen molar-refractivity contribution in [3.05, 3.63) is 12.2 Å². The van der Waals surface area contributed by atoms with Crippen LogP contribution in [0.15, 0.2) is 17.1 Å². The first kappa shape index (κ1) is 22.1. The first-order valence-electron chi connectivity index (χ1n) is 7.88. The van der Waals surface area contributed by atoms with Crippen LogP contribution in [-0.4, -0.2) is 49.8 Å². The first-order valence-corrected chi connectivity index (χ1v) is 8.41. The number of nitrogens with one attached hydrogen (secondary N) is 1. The van der Waals surface area contributed by atoms with Crippen LogP contribution in [0.25, 0.3) is 0 Å². The van der Waals surface area contributed by atoms with Gasteiger partial charge in [0.2, 0.25) is 6.08 Å². The second-order valence-electron chi connectivity index (χ2n) is 5.23. The molecule has 0 saturated carbocycles. The highest BCUT2D eigenvalue weighted by molar-refractivity contribution is 6.18. The van der Waals surface area contributed by atoms with Crippen LogP contribution >= 0.6 is 11.6 Å². The maximum absolute atomic E-state index is 11.6. The molecule has 1 amide bonds. The molecule has 136 valence electrons. The van der Waals surface area contributed by atoms with Crippen LogP contribution < -0.4 is 5.32 Å². The fourth-order valence-electron chi connectivity index (χ4n) is 1.68. The minimum atomic E-state index is -0.701. The smallest absolute Gasteiger partial charge is 0.407 e. The zero-order valence-electron chi connectivity index (χ0n) is 14.0. The SMILES string of the molecule is C=C(C)C(=O)OCC(CCl)OC(=O)NCCCCCCCN=C=O. The molecule has 7 nitrogen and oxygen atoms in total. The topological polar surface area (TPSA) is 94.1 Å². The number of carbonyl (C=O) groups excluding carboxylic acids is 3. The number of ether oxygens (including phenoxy) is 2. The molecule has 0 bridgehead atoms. The number of hydrogen-bond donors (Lipinski definition) is 1. The molecule has 0 aromatic heterocycles. The number of unbranched alkanes of at least 4 members (excludes halogenated alkanes) is 4. The predicted molar refractivity (Wildman–Crippen MR) is 90.8 cm³/mol. The molecule has 0 aromatic rings. The summed E-state index contributed by atoms with van der Waals surface area (Å²) >= 11 is 5.68. The van der Waals surface area contributed by atoms with Gasteiger partial charge in [-0.05, 0) is 19.8 Å². The third-order valence-corrected chi connectivity index (χ3v) is 3.32. The fourth-order valence-corrected chi connectivity index (χ4v) is 1.83.